The Labute approximate surface area is 220 Å². The molecular weight excluding hydrogens is 480 g/mol. The lowest BCUT2D eigenvalue weighted by Crippen LogP contribution is -2.39. The molecule has 0 unspecified atom stereocenters. The van der Waals surface area contributed by atoms with Crippen LogP contribution in [0.5, 0.6) is 0 Å². The van der Waals surface area contributed by atoms with Crippen molar-refractivity contribution in [1.29, 1.82) is 0 Å². The number of nitrogens with zero attached hydrogens (tertiary/aromatic N) is 2. The summed E-state index contributed by atoms with van der Waals surface area (Å²) in [6, 6.07) is 0. The van der Waals surface area contributed by atoms with Crippen LogP contribution in [0.4, 0.5) is 0 Å². The van der Waals surface area contributed by atoms with Gasteiger partial charge in [-0.2, -0.15) is 0 Å². The zero-order valence-corrected chi connectivity index (χ0v) is 22.3. The standard InChI is InChI=1S/C23H50N10O4/c24-6-10-28-20(34)2-16-32(17-3-21(35)29-11-7-25)14-1-15-33(18-4-22(36)30-12-8-26)19-5-23(37)31-13-9-27/h1-19,24-27H2,(H,28,34)(H,29,35)(H,30,36)(H,31,37). The van der Waals surface area contributed by atoms with E-state index in [1.807, 2.05) is 0 Å². The molecule has 0 radical (unpaired) electrons. The third-order valence-corrected chi connectivity index (χ3v) is 5.44. The highest BCUT2D eigenvalue weighted by atomic mass is 16.2. The fourth-order valence-electron chi connectivity index (χ4n) is 3.43. The normalized spacial score (nSPS) is 11.0. The minimum Gasteiger partial charge on any atom is -0.355 e. The van der Waals surface area contributed by atoms with E-state index in [0.717, 1.165) is 6.42 Å². The van der Waals surface area contributed by atoms with E-state index in [0.29, 0.717) is 117 Å². The minimum absolute atomic E-state index is 0.0864. The van der Waals surface area contributed by atoms with Crippen LogP contribution in [0.3, 0.4) is 0 Å². The largest absolute Gasteiger partial charge is 0.355 e. The Hall–Kier alpha value is -2.36. The number of hydrogen-bond acceptors (Lipinski definition) is 10. The van der Waals surface area contributed by atoms with Crippen molar-refractivity contribution in [2.75, 3.05) is 91.6 Å². The number of hydrogen-bond donors (Lipinski definition) is 8. The van der Waals surface area contributed by atoms with Crippen LogP contribution in [0.15, 0.2) is 0 Å². The Morgan fingerprint density at radius 1 is 0.432 bits per heavy atom. The second-order valence-electron chi connectivity index (χ2n) is 8.59. The molecule has 0 aliphatic rings. The van der Waals surface area contributed by atoms with Gasteiger partial charge in [-0.3, -0.25) is 19.2 Å². The zero-order chi connectivity index (χ0) is 27.7. The monoisotopic (exact) mass is 530 g/mol. The molecule has 0 saturated carbocycles. The molecule has 0 aromatic heterocycles. The fourth-order valence-corrected chi connectivity index (χ4v) is 3.43. The van der Waals surface area contributed by atoms with Crippen molar-refractivity contribution in [2.45, 2.75) is 32.1 Å². The molecule has 12 N–H and O–H groups in total. The van der Waals surface area contributed by atoms with Gasteiger partial charge in [-0.25, -0.2) is 0 Å². The third kappa shape index (κ3) is 21.4. The smallest absolute Gasteiger partial charge is 0.221 e. The van der Waals surface area contributed by atoms with Gasteiger partial charge < -0.3 is 54.0 Å². The van der Waals surface area contributed by atoms with Gasteiger partial charge in [-0.05, 0) is 19.5 Å². The molecule has 0 aromatic carbocycles. The number of carbonyl (C=O) groups excluding carboxylic acids is 4. The Kier molecular flexibility index (Phi) is 22.5. The maximum Gasteiger partial charge on any atom is 0.221 e. The van der Waals surface area contributed by atoms with Crippen LogP contribution in [0.25, 0.3) is 0 Å². The summed E-state index contributed by atoms with van der Waals surface area (Å²) in [4.78, 5) is 52.3. The number of amides is 4. The van der Waals surface area contributed by atoms with Crippen LogP contribution in [-0.2, 0) is 19.2 Å². The van der Waals surface area contributed by atoms with E-state index in [1.165, 1.54) is 0 Å². The summed E-state index contributed by atoms with van der Waals surface area (Å²) in [7, 11) is 0. The van der Waals surface area contributed by atoms with Crippen molar-refractivity contribution in [1.82, 2.24) is 31.1 Å². The molecule has 216 valence electrons. The highest BCUT2D eigenvalue weighted by Crippen LogP contribution is 2.02. The number of rotatable bonds is 24. The molecule has 0 aliphatic heterocycles. The van der Waals surface area contributed by atoms with Crippen molar-refractivity contribution >= 4 is 23.6 Å². The van der Waals surface area contributed by atoms with Crippen LogP contribution in [0.2, 0.25) is 0 Å². The van der Waals surface area contributed by atoms with Crippen LogP contribution < -0.4 is 44.2 Å². The SMILES string of the molecule is NCCNC(=O)CCN(CCCN(CCC(=O)NCCN)CCC(=O)NCCN)CCC(=O)NCCN. The molecule has 4 amide bonds. The fraction of sp³-hybridized carbons (Fsp3) is 0.826. The molecule has 0 rings (SSSR count). The summed E-state index contributed by atoms with van der Waals surface area (Å²) in [5.74, 6) is -0.346. The number of carbonyl (C=O) groups is 4. The first kappa shape index (κ1) is 34.6. The van der Waals surface area contributed by atoms with Gasteiger partial charge >= 0.3 is 0 Å². The zero-order valence-electron chi connectivity index (χ0n) is 22.3. The summed E-state index contributed by atoms with van der Waals surface area (Å²) in [6.07, 6.45) is 1.95. The van der Waals surface area contributed by atoms with E-state index < -0.39 is 0 Å². The molecule has 0 spiro atoms. The quantitative estimate of drug-likeness (QED) is 0.0600. The van der Waals surface area contributed by atoms with E-state index in [9.17, 15) is 19.2 Å². The summed E-state index contributed by atoms with van der Waals surface area (Å²) in [5.41, 5.74) is 21.8. The Bertz CT molecular complexity index is 539. The molecule has 0 fully saturated rings. The minimum atomic E-state index is -0.0864. The number of nitrogens with two attached hydrogens (primary N) is 4. The summed E-state index contributed by atoms with van der Waals surface area (Å²) >= 11 is 0. The average molecular weight is 531 g/mol. The number of nitrogens with one attached hydrogen (secondary N) is 4. The second-order valence-corrected chi connectivity index (χ2v) is 8.59. The first-order chi connectivity index (χ1) is 17.9. The molecular formula is C23H50N10O4. The van der Waals surface area contributed by atoms with Gasteiger partial charge in [0, 0.05) is 104 Å². The van der Waals surface area contributed by atoms with E-state index >= 15 is 0 Å². The van der Waals surface area contributed by atoms with Crippen LogP contribution >= 0.6 is 0 Å². The van der Waals surface area contributed by atoms with Crippen molar-refractivity contribution in [3.63, 3.8) is 0 Å². The maximum absolute atomic E-state index is 12.0. The highest BCUT2D eigenvalue weighted by molar-refractivity contribution is 5.77. The second kappa shape index (κ2) is 24.0. The van der Waals surface area contributed by atoms with E-state index in [-0.39, 0.29) is 23.6 Å². The lowest BCUT2D eigenvalue weighted by atomic mass is 10.2. The van der Waals surface area contributed by atoms with Gasteiger partial charge in [-0.1, -0.05) is 0 Å². The molecule has 0 heterocycles. The van der Waals surface area contributed by atoms with Gasteiger partial charge in [-0.15, -0.1) is 0 Å². The Balaban J connectivity index is 4.88. The molecule has 0 bridgehead atoms. The van der Waals surface area contributed by atoms with E-state index in [2.05, 4.69) is 31.1 Å². The van der Waals surface area contributed by atoms with Gasteiger partial charge in [0.1, 0.15) is 0 Å². The molecule has 0 aliphatic carbocycles. The predicted molar refractivity (Wildman–Crippen MR) is 144 cm³/mol. The van der Waals surface area contributed by atoms with Crippen LogP contribution in [0, 0.1) is 0 Å². The van der Waals surface area contributed by atoms with E-state index in [1.54, 1.807) is 0 Å². The highest BCUT2D eigenvalue weighted by Gasteiger charge is 2.14. The predicted octanol–water partition coefficient (Wildman–Crippen LogP) is -4.16. The van der Waals surface area contributed by atoms with Gasteiger partial charge in [0.2, 0.25) is 23.6 Å². The maximum atomic E-state index is 12.0. The first-order valence-electron chi connectivity index (χ1n) is 13.2. The molecule has 0 atom stereocenters. The average Bonchev–Trinajstić information content (AvgIpc) is 2.90. The third-order valence-electron chi connectivity index (χ3n) is 5.44. The molecule has 14 nitrogen and oxygen atoms in total. The van der Waals surface area contributed by atoms with Gasteiger partial charge in [0.05, 0.1) is 0 Å². The lowest BCUT2D eigenvalue weighted by molar-refractivity contribution is -0.122. The Morgan fingerprint density at radius 2 is 0.676 bits per heavy atom. The summed E-state index contributed by atoms with van der Waals surface area (Å²) in [6.45, 7) is 6.53. The van der Waals surface area contributed by atoms with E-state index in [4.69, 9.17) is 22.9 Å². The van der Waals surface area contributed by atoms with Gasteiger partial charge in [0.25, 0.3) is 0 Å². The summed E-state index contributed by atoms with van der Waals surface area (Å²) < 4.78 is 0. The molecule has 14 heteroatoms. The topological polar surface area (TPSA) is 227 Å². The molecule has 0 aromatic rings. The van der Waals surface area contributed by atoms with Crippen molar-refractivity contribution < 1.29 is 19.2 Å². The lowest BCUT2D eigenvalue weighted by Gasteiger charge is -2.25. The molecule has 37 heavy (non-hydrogen) atoms. The van der Waals surface area contributed by atoms with Crippen molar-refractivity contribution in [3.8, 4) is 0 Å². The summed E-state index contributed by atoms with van der Waals surface area (Å²) in [5, 5.41) is 11.0. The Morgan fingerprint density at radius 3 is 0.892 bits per heavy atom. The van der Waals surface area contributed by atoms with Gasteiger partial charge in [0.15, 0.2) is 0 Å². The molecule has 0 saturated heterocycles. The van der Waals surface area contributed by atoms with Crippen molar-refractivity contribution in [2.24, 2.45) is 22.9 Å². The first-order valence-corrected chi connectivity index (χ1v) is 13.2. The van der Waals surface area contributed by atoms with Crippen LogP contribution in [0.1, 0.15) is 32.1 Å². The van der Waals surface area contributed by atoms with Crippen molar-refractivity contribution in [3.05, 3.63) is 0 Å². The van der Waals surface area contributed by atoms with Crippen LogP contribution in [-0.4, -0.2) is 125 Å².